The molecule has 6 heteroatoms. The van der Waals surface area contributed by atoms with Gasteiger partial charge >= 0.3 is 11.9 Å². The summed E-state index contributed by atoms with van der Waals surface area (Å²) in [4.78, 5) is 22.7. The number of aliphatic hydroxyl groups is 1. The fourth-order valence-electron chi connectivity index (χ4n) is 2.17. The highest BCUT2D eigenvalue weighted by atomic mass is 16.5. The minimum Gasteiger partial charge on any atom is -0.507 e. The van der Waals surface area contributed by atoms with E-state index in [1.807, 2.05) is 18.2 Å². The second-order valence-corrected chi connectivity index (χ2v) is 5.42. The lowest BCUT2D eigenvalue weighted by molar-refractivity contribution is -0.132. The fraction of sp³-hybridized carbons (Fsp3) is 0.222. The molecule has 1 atom stereocenters. The van der Waals surface area contributed by atoms with Gasteiger partial charge in [0.15, 0.2) is 0 Å². The van der Waals surface area contributed by atoms with E-state index in [0.717, 1.165) is 10.8 Å². The van der Waals surface area contributed by atoms with Crippen LogP contribution in [0.2, 0.25) is 0 Å². The van der Waals surface area contributed by atoms with Crippen LogP contribution in [-0.2, 0) is 9.53 Å². The molecule has 0 aliphatic rings. The maximum absolute atomic E-state index is 12.1. The first-order valence-corrected chi connectivity index (χ1v) is 7.36. The second-order valence-electron chi connectivity index (χ2n) is 5.42. The summed E-state index contributed by atoms with van der Waals surface area (Å²) < 4.78 is 4.99. The van der Waals surface area contributed by atoms with E-state index in [0.29, 0.717) is 0 Å². The molecule has 0 saturated heterocycles. The molecule has 0 aromatic heterocycles. The van der Waals surface area contributed by atoms with Gasteiger partial charge in [-0.2, -0.15) is 0 Å². The van der Waals surface area contributed by atoms with E-state index in [9.17, 15) is 19.8 Å². The number of phenolic OH excluding ortho intramolecular Hbond substituents is 1. The van der Waals surface area contributed by atoms with Crippen LogP contribution in [0.15, 0.2) is 48.6 Å². The number of aliphatic carboxylic acids is 1. The highest BCUT2D eigenvalue weighted by molar-refractivity contribution is 5.98. The molecule has 0 radical (unpaired) electrons. The van der Waals surface area contributed by atoms with Crippen LogP contribution in [0.4, 0.5) is 0 Å². The zero-order valence-corrected chi connectivity index (χ0v) is 12.9. The fourth-order valence-corrected chi connectivity index (χ4v) is 2.17. The third kappa shape index (κ3) is 4.33. The van der Waals surface area contributed by atoms with Crippen LogP contribution >= 0.6 is 0 Å². The highest BCUT2D eigenvalue weighted by Gasteiger charge is 2.16. The van der Waals surface area contributed by atoms with Gasteiger partial charge in [-0.25, -0.2) is 9.59 Å². The Kier molecular flexibility index (Phi) is 5.55. The van der Waals surface area contributed by atoms with Crippen molar-refractivity contribution in [3.63, 3.8) is 0 Å². The number of carboxylic acid groups (broad SMARTS) is 1. The molecule has 0 fully saturated rings. The van der Waals surface area contributed by atoms with Crippen LogP contribution in [0, 0.1) is 0 Å². The molecule has 0 amide bonds. The van der Waals surface area contributed by atoms with Crippen LogP contribution in [0.5, 0.6) is 5.75 Å². The number of benzene rings is 2. The molecule has 3 N–H and O–H groups in total. The number of esters is 1. The minimum absolute atomic E-state index is 0.0100. The molecule has 0 heterocycles. The molecule has 2 aromatic carbocycles. The molecule has 0 saturated carbocycles. The van der Waals surface area contributed by atoms with Gasteiger partial charge in [0.05, 0.1) is 6.10 Å². The Balaban J connectivity index is 1.96. The molecule has 1 unspecified atom stereocenters. The average molecular weight is 330 g/mol. The number of hydrogen-bond donors (Lipinski definition) is 3. The summed E-state index contributed by atoms with van der Waals surface area (Å²) in [6, 6.07) is 10.2. The number of carbonyl (C=O) groups is 2. The van der Waals surface area contributed by atoms with Gasteiger partial charge < -0.3 is 20.1 Å². The van der Waals surface area contributed by atoms with E-state index in [2.05, 4.69) is 6.58 Å². The first-order valence-electron chi connectivity index (χ1n) is 7.36. The van der Waals surface area contributed by atoms with Gasteiger partial charge in [0.25, 0.3) is 0 Å². The zero-order chi connectivity index (χ0) is 17.7. The molecular formula is C18H18O6. The first kappa shape index (κ1) is 17.5. The monoisotopic (exact) mass is 330 g/mol. The lowest BCUT2D eigenvalue weighted by atomic mass is 10.1. The maximum Gasteiger partial charge on any atom is 0.342 e. The van der Waals surface area contributed by atoms with Crippen molar-refractivity contribution in [3.8, 4) is 5.75 Å². The van der Waals surface area contributed by atoms with Crippen molar-refractivity contribution in [2.45, 2.75) is 18.9 Å². The number of phenols is 1. The molecule has 6 nitrogen and oxygen atoms in total. The molecule has 0 bridgehead atoms. The van der Waals surface area contributed by atoms with Crippen LogP contribution in [0.25, 0.3) is 10.8 Å². The topological polar surface area (TPSA) is 104 Å². The van der Waals surface area contributed by atoms with Crippen molar-refractivity contribution in [2.24, 2.45) is 0 Å². The van der Waals surface area contributed by atoms with Crippen LogP contribution < -0.4 is 0 Å². The van der Waals surface area contributed by atoms with E-state index >= 15 is 0 Å². The minimum atomic E-state index is -1.12. The largest absolute Gasteiger partial charge is 0.507 e. The quantitative estimate of drug-likeness (QED) is 0.532. The van der Waals surface area contributed by atoms with Crippen LogP contribution in [0.1, 0.15) is 23.2 Å². The Labute approximate surface area is 138 Å². The smallest absolute Gasteiger partial charge is 0.342 e. The van der Waals surface area contributed by atoms with E-state index in [-0.39, 0.29) is 36.3 Å². The molecular weight excluding hydrogens is 312 g/mol. The molecule has 0 aliphatic heterocycles. The van der Waals surface area contributed by atoms with Crippen molar-refractivity contribution in [1.29, 1.82) is 0 Å². The summed E-state index contributed by atoms with van der Waals surface area (Å²) >= 11 is 0. The van der Waals surface area contributed by atoms with E-state index in [1.165, 1.54) is 12.1 Å². The summed E-state index contributed by atoms with van der Waals surface area (Å²) in [7, 11) is 0. The van der Waals surface area contributed by atoms with Gasteiger partial charge in [-0.15, -0.1) is 0 Å². The van der Waals surface area contributed by atoms with Gasteiger partial charge in [0.1, 0.15) is 17.9 Å². The number of aliphatic hydroxyl groups excluding tert-OH is 1. The number of carboxylic acids is 1. The lowest BCUT2D eigenvalue weighted by Gasteiger charge is -2.12. The Morgan fingerprint density at radius 3 is 2.42 bits per heavy atom. The summed E-state index contributed by atoms with van der Waals surface area (Å²) in [5.74, 6) is -2.08. The number of aromatic hydroxyl groups is 1. The Bertz CT molecular complexity index is 780. The molecule has 2 rings (SSSR count). The molecule has 0 spiro atoms. The highest BCUT2D eigenvalue weighted by Crippen LogP contribution is 2.25. The number of fused-ring (bicyclic) bond motifs is 1. The van der Waals surface area contributed by atoms with Crippen molar-refractivity contribution < 1.29 is 29.6 Å². The average Bonchev–Trinajstić information content (AvgIpc) is 2.56. The predicted octanol–water partition coefficient (Wildman–Crippen LogP) is 2.48. The van der Waals surface area contributed by atoms with E-state index in [1.54, 1.807) is 6.07 Å². The maximum atomic E-state index is 12.1. The molecule has 24 heavy (non-hydrogen) atoms. The van der Waals surface area contributed by atoms with Gasteiger partial charge in [-0.3, -0.25) is 0 Å². The second kappa shape index (κ2) is 7.61. The normalized spacial score (nSPS) is 11.9. The van der Waals surface area contributed by atoms with Crippen LogP contribution in [-0.4, -0.2) is 40.0 Å². The molecule has 2 aromatic rings. The number of hydrogen-bond acceptors (Lipinski definition) is 5. The van der Waals surface area contributed by atoms with E-state index in [4.69, 9.17) is 9.84 Å². The third-order valence-electron chi connectivity index (χ3n) is 3.57. The van der Waals surface area contributed by atoms with Crippen molar-refractivity contribution in [3.05, 3.63) is 54.1 Å². The lowest BCUT2D eigenvalue weighted by Crippen LogP contribution is -2.19. The number of carbonyl (C=O) groups excluding carboxylic acids is 1. The van der Waals surface area contributed by atoms with E-state index < -0.39 is 18.0 Å². The third-order valence-corrected chi connectivity index (χ3v) is 3.57. The van der Waals surface area contributed by atoms with Crippen LogP contribution in [0.3, 0.4) is 0 Å². The summed E-state index contributed by atoms with van der Waals surface area (Å²) in [6.07, 6.45) is -0.801. The Hall–Kier alpha value is -2.86. The van der Waals surface area contributed by atoms with Crippen molar-refractivity contribution in [1.82, 2.24) is 0 Å². The summed E-state index contributed by atoms with van der Waals surface area (Å²) in [5.41, 5.74) is -0.0107. The van der Waals surface area contributed by atoms with Crippen molar-refractivity contribution in [2.75, 3.05) is 6.61 Å². The Morgan fingerprint density at radius 2 is 1.79 bits per heavy atom. The standard InChI is InChI=1S/C18H18O6/c1-11(17(21)22)6-7-14(19)10-24-18(23)15-8-12-4-2-3-5-13(12)9-16(15)20/h2-5,8-9,14,19-20H,1,6-7,10H2,(H,21,22). The Morgan fingerprint density at radius 1 is 1.17 bits per heavy atom. The number of ether oxygens (including phenoxy) is 1. The van der Waals surface area contributed by atoms with Gasteiger partial charge in [0, 0.05) is 5.57 Å². The van der Waals surface area contributed by atoms with Crippen molar-refractivity contribution >= 4 is 22.7 Å². The van der Waals surface area contributed by atoms with Gasteiger partial charge in [-0.05, 0) is 35.7 Å². The number of rotatable bonds is 7. The molecule has 0 aliphatic carbocycles. The zero-order valence-electron chi connectivity index (χ0n) is 12.9. The summed E-state index contributed by atoms with van der Waals surface area (Å²) in [5, 5.41) is 29.9. The summed E-state index contributed by atoms with van der Waals surface area (Å²) in [6.45, 7) is 3.06. The first-order chi connectivity index (χ1) is 11.4. The van der Waals surface area contributed by atoms with Gasteiger partial charge in [0.2, 0.25) is 0 Å². The molecule has 126 valence electrons. The SMILES string of the molecule is C=C(CCC(O)COC(=O)c1cc2ccccc2cc1O)C(=O)O. The van der Waals surface area contributed by atoms with Gasteiger partial charge in [-0.1, -0.05) is 30.8 Å². The predicted molar refractivity (Wildman–Crippen MR) is 87.9 cm³/mol.